The van der Waals surface area contributed by atoms with Crippen molar-refractivity contribution in [3.8, 4) is 0 Å². The average Bonchev–Trinajstić information content (AvgIpc) is 2.95. The molecule has 0 unspecified atom stereocenters. The third kappa shape index (κ3) is 2.61. The lowest BCUT2D eigenvalue weighted by atomic mass is 9.97. The molecule has 5 heteroatoms. The van der Waals surface area contributed by atoms with Gasteiger partial charge in [-0.05, 0) is 31.0 Å². The number of hydrogen-bond donors (Lipinski definition) is 2. The Morgan fingerprint density at radius 3 is 2.86 bits per heavy atom. The van der Waals surface area contributed by atoms with Crippen molar-refractivity contribution in [2.45, 2.75) is 31.2 Å². The Bertz CT molecular complexity index is 681. The number of benzene rings is 1. The highest BCUT2D eigenvalue weighted by molar-refractivity contribution is 6.05. The van der Waals surface area contributed by atoms with Crippen LogP contribution in [0.1, 0.15) is 36.0 Å². The molecule has 0 spiro atoms. The predicted molar refractivity (Wildman–Crippen MR) is 77.5 cm³/mol. The van der Waals surface area contributed by atoms with E-state index in [1.54, 1.807) is 18.3 Å². The van der Waals surface area contributed by atoms with Crippen molar-refractivity contribution in [1.82, 2.24) is 10.3 Å². The van der Waals surface area contributed by atoms with Gasteiger partial charge in [0.1, 0.15) is 5.82 Å². The van der Waals surface area contributed by atoms with Gasteiger partial charge in [0, 0.05) is 11.6 Å². The second kappa shape index (κ2) is 5.41. The monoisotopic (exact) mass is 288 g/mol. The van der Waals surface area contributed by atoms with E-state index in [1.807, 2.05) is 0 Å². The zero-order valence-electron chi connectivity index (χ0n) is 11.6. The Morgan fingerprint density at radius 1 is 1.38 bits per heavy atom. The van der Waals surface area contributed by atoms with Gasteiger partial charge >= 0.3 is 0 Å². The lowest BCUT2D eigenvalue weighted by molar-refractivity contribution is 0.0839. The number of pyridine rings is 1. The fourth-order valence-corrected chi connectivity index (χ4v) is 3.01. The van der Waals surface area contributed by atoms with E-state index in [0.717, 1.165) is 25.7 Å². The Labute approximate surface area is 122 Å². The molecule has 1 aliphatic carbocycles. The van der Waals surface area contributed by atoms with Crippen LogP contribution in [0, 0.1) is 5.82 Å². The number of hydrogen-bond acceptors (Lipinski definition) is 3. The van der Waals surface area contributed by atoms with Crippen LogP contribution in [0.15, 0.2) is 30.5 Å². The molecule has 0 atom stereocenters. The number of amides is 1. The number of aromatic nitrogens is 1. The van der Waals surface area contributed by atoms with E-state index in [1.165, 1.54) is 12.1 Å². The Hall–Kier alpha value is -2.01. The molecular weight excluding hydrogens is 271 g/mol. The quantitative estimate of drug-likeness (QED) is 0.911. The molecule has 0 bridgehead atoms. The molecule has 1 aromatic heterocycles. The third-order valence-electron chi connectivity index (χ3n) is 4.16. The molecule has 2 N–H and O–H groups in total. The molecule has 110 valence electrons. The summed E-state index contributed by atoms with van der Waals surface area (Å²) in [6.45, 7) is -0.0978. The van der Waals surface area contributed by atoms with Crippen molar-refractivity contribution in [3.63, 3.8) is 0 Å². The third-order valence-corrected chi connectivity index (χ3v) is 4.16. The van der Waals surface area contributed by atoms with Crippen LogP contribution in [0.25, 0.3) is 10.9 Å². The van der Waals surface area contributed by atoms with Crippen LogP contribution in [-0.2, 0) is 0 Å². The zero-order chi connectivity index (χ0) is 14.9. The molecule has 1 aliphatic rings. The summed E-state index contributed by atoms with van der Waals surface area (Å²) < 4.78 is 13.7. The first-order valence-corrected chi connectivity index (χ1v) is 7.11. The van der Waals surface area contributed by atoms with Crippen molar-refractivity contribution < 1.29 is 14.3 Å². The van der Waals surface area contributed by atoms with Crippen molar-refractivity contribution >= 4 is 16.8 Å². The fourth-order valence-electron chi connectivity index (χ4n) is 3.01. The maximum atomic E-state index is 13.7. The van der Waals surface area contributed by atoms with Crippen LogP contribution in [-0.4, -0.2) is 28.1 Å². The minimum atomic E-state index is -0.579. The molecule has 21 heavy (non-hydrogen) atoms. The first kappa shape index (κ1) is 13.9. The molecular formula is C16H17FN2O2. The second-order valence-electron chi connectivity index (χ2n) is 5.63. The lowest BCUT2D eigenvalue weighted by Gasteiger charge is -2.28. The van der Waals surface area contributed by atoms with Crippen LogP contribution in [0.3, 0.4) is 0 Å². The Morgan fingerprint density at radius 2 is 2.14 bits per heavy atom. The van der Waals surface area contributed by atoms with Crippen LogP contribution in [0.5, 0.6) is 0 Å². The topological polar surface area (TPSA) is 62.2 Å². The molecule has 1 fully saturated rings. The fraction of sp³-hybridized carbons (Fsp3) is 0.375. The average molecular weight is 288 g/mol. The van der Waals surface area contributed by atoms with Gasteiger partial charge in [-0.15, -0.1) is 0 Å². The SMILES string of the molecule is O=C(NC1(CO)CCCC1)c1cc(F)cc2cccnc12. The van der Waals surface area contributed by atoms with Crippen molar-refractivity contribution in [1.29, 1.82) is 0 Å². The van der Waals surface area contributed by atoms with E-state index >= 15 is 0 Å². The summed E-state index contributed by atoms with van der Waals surface area (Å²) in [5.74, 6) is -0.848. The normalized spacial score (nSPS) is 17.0. The summed E-state index contributed by atoms with van der Waals surface area (Å²) in [5.41, 5.74) is 0.109. The number of carbonyl (C=O) groups excluding carboxylic acids is 1. The van der Waals surface area contributed by atoms with Crippen molar-refractivity contribution in [2.75, 3.05) is 6.61 Å². The number of carbonyl (C=O) groups is 1. The highest BCUT2D eigenvalue weighted by atomic mass is 19.1. The molecule has 1 saturated carbocycles. The van der Waals surface area contributed by atoms with Gasteiger partial charge in [0.25, 0.3) is 5.91 Å². The summed E-state index contributed by atoms with van der Waals surface area (Å²) in [6, 6.07) is 5.98. The minimum Gasteiger partial charge on any atom is -0.394 e. The summed E-state index contributed by atoms with van der Waals surface area (Å²) >= 11 is 0. The van der Waals surface area contributed by atoms with Crippen molar-refractivity contribution in [3.05, 3.63) is 41.8 Å². The van der Waals surface area contributed by atoms with Gasteiger partial charge < -0.3 is 10.4 Å². The number of halogens is 1. The number of aliphatic hydroxyl groups is 1. The van der Waals surface area contributed by atoms with Gasteiger partial charge in [0.15, 0.2) is 0 Å². The molecule has 3 rings (SSSR count). The van der Waals surface area contributed by atoms with E-state index < -0.39 is 11.4 Å². The van der Waals surface area contributed by atoms with Gasteiger partial charge in [-0.2, -0.15) is 0 Å². The molecule has 1 aromatic carbocycles. The zero-order valence-corrected chi connectivity index (χ0v) is 11.6. The molecule has 0 aliphatic heterocycles. The number of rotatable bonds is 3. The minimum absolute atomic E-state index is 0.0978. The first-order valence-electron chi connectivity index (χ1n) is 7.11. The summed E-state index contributed by atoms with van der Waals surface area (Å²) in [6.07, 6.45) is 5.02. The standard InChI is InChI=1S/C16H17FN2O2/c17-12-8-11-4-3-7-18-14(11)13(9-12)15(21)19-16(10-20)5-1-2-6-16/h3-4,7-9,20H,1-2,5-6,10H2,(H,19,21). The Kier molecular flexibility index (Phi) is 3.59. The van der Waals surface area contributed by atoms with E-state index in [0.29, 0.717) is 10.9 Å². The van der Waals surface area contributed by atoms with Gasteiger partial charge in [0.2, 0.25) is 0 Å². The number of aliphatic hydroxyl groups excluding tert-OH is 1. The van der Waals surface area contributed by atoms with E-state index in [9.17, 15) is 14.3 Å². The molecule has 1 amide bonds. The highest BCUT2D eigenvalue weighted by Gasteiger charge is 2.35. The van der Waals surface area contributed by atoms with Gasteiger partial charge in [-0.25, -0.2) is 4.39 Å². The number of nitrogens with one attached hydrogen (secondary N) is 1. The van der Waals surface area contributed by atoms with Crippen LogP contribution >= 0.6 is 0 Å². The van der Waals surface area contributed by atoms with Crippen LogP contribution in [0.2, 0.25) is 0 Å². The van der Waals surface area contributed by atoms with Crippen molar-refractivity contribution in [2.24, 2.45) is 0 Å². The largest absolute Gasteiger partial charge is 0.394 e. The Balaban J connectivity index is 1.98. The van der Waals surface area contributed by atoms with Gasteiger partial charge in [0.05, 0.1) is 23.2 Å². The number of fused-ring (bicyclic) bond motifs is 1. The lowest BCUT2D eigenvalue weighted by Crippen LogP contribution is -2.49. The summed E-state index contributed by atoms with van der Waals surface area (Å²) in [7, 11) is 0. The van der Waals surface area contributed by atoms with Gasteiger partial charge in [-0.1, -0.05) is 18.9 Å². The maximum Gasteiger partial charge on any atom is 0.254 e. The second-order valence-corrected chi connectivity index (χ2v) is 5.63. The van der Waals surface area contributed by atoms with Crippen LogP contribution < -0.4 is 5.32 Å². The van der Waals surface area contributed by atoms with E-state index in [2.05, 4.69) is 10.3 Å². The summed E-state index contributed by atoms with van der Waals surface area (Å²) in [4.78, 5) is 16.7. The first-order chi connectivity index (χ1) is 10.1. The molecule has 4 nitrogen and oxygen atoms in total. The van der Waals surface area contributed by atoms with Crippen LogP contribution in [0.4, 0.5) is 4.39 Å². The van der Waals surface area contributed by atoms with E-state index in [4.69, 9.17) is 0 Å². The molecule has 2 aromatic rings. The van der Waals surface area contributed by atoms with E-state index in [-0.39, 0.29) is 18.1 Å². The highest BCUT2D eigenvalue weighted by Crippen LogP contribution is 2.30. The molecule has 0 saturated heterocycles. The maximum absolute atomic E-state index is 13.7. The molecule has 1 heterocycles. The smallest absolute Gasteiger partial charge is 0.254 e. The molecule has 0 radical (unpaired) electrons. The number of nitrogens with zero attached hydrogens (tertiary/aromatic N) is 1. The summed E-state index contributed by atoms with van der Waals surface area (Å²) in [5, 5.41) is 13.0. The predicted octanol–water partition coefficient (Wildman–Crippen LogP) is 2.41. The van der Waals surface area contributed by atoms with Gasteiger partial charge in [-0.3, -0.25) is 9.78 Å².